The first-order valence-corrected chi connectivity index (χ1v) is 7.77. The first kappa shape index (κ1) is 14.1. The maximum atomic E-state index is 5.64. The van der Waals surface area contributed by atoms with Crippen LogP contribution in [0.1, 0.15) is 12.8 Å². The molecule has 1 saturated heterocycles. The summed E-state index contributed by atoms with van der Waals surface area (Å²) in [5, 5.41) is 0. The van der Waals surface area contributed by atoms with Gasteiger partial charge in [0, 0.05) is 31.5 Å². The molecule has 23 heavy (non-hydrogen) atoms. The van der Waals surface area contributed by atoms with Crippen molar-refractivity contribution in [2.24, 2.45) is 5.92 Å². The molecule has 3 aromatic rings. The Hall–Kier alpha value is -2.54. The lowest BCUT2D eigenvalue weighted by Crippen LogP contribution is -2.20. The van der Waals surface area contributed by atoms with Crippen LogP contribution in [0.4, 0.5) is 5.82 Å². The standard InChI is InChI=1S/C16H18N6O/c17-14-2-1-12(7-18-14)13-8-19-15-16(21-13)22(10-20-15)9-11-3-5-23-6-4-11/h1-2,7-8,10-11H,3-6,9H2,(H2,17,18). The van der Waals surface area contributed by atoms with Gasteiger partial charge in [-0.1, -0.05) is 0 Å². The molecule has 0 radical (unpaired) electrons. The molecule has 4 heterocycles. The van der Waals surface area contributed by atoms with Crippen molar-refractivity contribution < 1.29 is 4.74 Å². The van der Waals surface area contributed by atoms with E-state index >= 15 is 0 Å². The van der Waals surface area contributed by atoms with Gasteiger partial charge in [0.25, 0.3) is 0 Å². The number of nitrogen functional groups attached to an aromatic ring is 1. The predicted octanol–water partition coefficient (Wildman–Crippen LogP) is 1.90. The summed E-state index contributed by atoms with van der Waals surface area (Å²) in [6.07, 6.45) is 7.42. The zero-order valence-corrected chi connectivity index (χ0v) is 12.7. The highest BCUT2D eigenvalue weighted by atomic mass is 16.5. The number of ether oxygens (including phenoxy) is 1. The van der Waals surface area contributed by atoms with Crippen LogP contribution in [0.25, 0.3) is 22.6 Å². The molecule has 4 rings (SSSR count). The summed E-state index contributed by atoms with van der Waals surface area (Å²) < 4.78 is 7.51. The molecule has 2 N–H and O–H groups in total. The number of fused-ring (bicyclic) bond motifs is 1. The summed E-state index contributed by atoms with van der Waals surface area (Å²) in [6.45, 7) is 2.58. The molecule has 0 aliphatic carbocycles. The van der Waals surface area contributed by atoms with Crippen LogP contribution in [0.3, 0.4) is 0 Å². The van der Waals surface area contributed by atoms with Gasteiger partial charge in [-0.3, -0.25) is 0 Å². The summed E-state index contributed by atoms with van der Waals surface area (Å²) in [5.41, 5.74) is 8.79. The second-order valence-electron chi connectivity index (χ2n) is 5.83. The van der Waals surface area contributed by atoms with E-state index in [-0.39, 0.29) is 0 Å². The van der Waals surface area contributed by atoms with Crippen LogP contribution in [0.15, 0.2) is 30.9 Å². The molecule has 1 fully saturated rings. The van der Waals surface area contributed by atoms with Crippen LogP contribution >= 0.6 is 0 Å². The quantitative estimate of drug-likeness (QED) is 0.794. The minimum absolute atomic E-state index is 0.493. The molecule has 7 heteroatoms. The molecule has 3 aromatic heterocycles. The van der Waals surface area contributed by atoms with E-state index < -0.39 is 0 Å². The molecule has 0 atom stereocenters. The second kappa shape index (κ2) is 5.92. The average Bonchev–Trinajstić information content (AvgIpc) is 2.99. The van der Waals surface area contributed by atoms with Gasteiger partial charge >= 0.3 is 0 Å². The molecular formula is C16H18N6O. The largest absolute Gasteiger partial charge is 0.384 e. The van der Waals surface area contributed by atoms with Crippen molar-refractivity contribution in [3.05, 3.63) is 30.9 Å². The van der Waals surface area contributed by atoms with Gasteiger partial charge in [-0.25, -0.2) is 19.9 Å². The van der Waals surface area contributed by atoms with Gasteiger partial charge in [0.15, 0.2) is 11.3 Å². The van der Waals surface area contributed by atoms with Gasteiger partial charge in [-0.15, -0.1) is 0 Å². The molecular weight excluding hydrogens is 292 g/mol. The molecule has 0 bridgehead atoms. The summed E-state index contributed by atoms with van der Waals surface area (Å²) in [4.78, 5) is 17.6. The third kappa shape index (κ3) is 2.87. The minimum Gasteiger partial charge on any atom is -0.384 e. The van der Waals surface area contributed by atoms with E-state index in [1.807, 2.05) is 12.4 Å². The van der Waals surface area contributed by atoms with Crippen molar-refractivity contribution in [2.45, 2.75) is 19.4 Å². The highest BCUT2D eigenvalue weighted by Crippen LogP contribution is 2.21. The number of anilines is 1. The van der Waals surface area contributed by atoms with Gasteiger partial charge in [0.2, 0.25) is 0 Å². The Bertz CT molecular complexity index is 807. The molecule has 0 unspecified atom stereocenters. The third-order valence-corrected chi connectivity index (χ3v) is 4.20. The Labute approximate surface area is 133 Å². The molecule has 0 saturated carbocycles. The zero-order chi connectivity index (χ0) is 15.6. The van der Waals surface area contributed by atoms with E-state index in [2.05, 4.69) is 19.5 Å². The maximum absolute atomic E-state index is 5.64. The highest BCUT2D eigenvalue weighted by molar-refractivity contribution is 5.70. The topological polar surface area (TPSA) is 91.7 Å². The average molecular weight is 310 g/mol. The van der Waals surface area contributed by atoms with Crippen LogP contribution < -0.4 is 5.73 Å². The van der Waals surface area contributed by atoms with Crippen molar-refractivity contribution in [2.75, 3.05) is 18.9 Å². The normalized spacial score (nSPS) is 16.0. The van der Waals surface area contributed by atoms with E-state index in [9.17, 15) is 0 Å². The summed E-state index contributed by atoms with van der Waals surface area (Å²) in [7, 11) is 0. The Morgan fingerprint density at radius 2 is 2.00 bits per heavy atom. The van der Waals surface area contributed by atoms with E-state index in [0.717, 1.165) is 49.5 Å². The Morgan fingerprint density at radius 1 is 1.13 bits per heavy atom. The lowest BCUT2D eigenvalue weighted by Gasteiger charge is -2.22. The number of imidazole rings is 1. The molecule has 0 amide bonds. The Morgan fingerprint density at radius 3 is 2.78 bits per heavy atom. The Balaban J connectivity index is 1.66. The first-order chi connectivity index (χ1) is 11.3. The van der Waals surface area contributed by atoms with Crippen LogP contribution in [0.2, 0.25) is 0 Å². The van der Waals surface area contributed by atoms with E-state index in [0.29, 0.717) is 17.4 Å². The van der Waals surface area contributed by atoms with E-state index in [4.69, 9.17) is 15.5 Å². The fourth-order valence-corrected chi connectivity index (χ4v) is 2.87. The maximum Gasteiger partial charge on any atom is 0.197 e. The van der Waals surface area contributed by atoms with Crippen molar-refractivity contribution in [1.82, 2.24) is 24.5 Å². The highest BCUT2D eigenvalue weighted by Gasteiger charge is 2.16. The van der Waals surface area contributed by atoms with Crippen LogP contribution in [-0.2, 0) is 11.3 Å². The van der Waals surface area contributed by atoms with Gasteiger partial charge in [0.1, 0.15) is 5.82 Å². The van der Waals surface area contributed by atoms with Gasteiger partial charge < -0.3 is 15.0 Å². The summed E-state index contributed by atoms with van der Waals surface area (Å²) in [6, 6.07) is 3.66. The fourth-order valence-electron chi connectivity index (χ4n) is 2.87. The minimum atomic E-state index is 0.493. The number of aromatic nitrogens is 5. The monoisotopic (exact) mass is 310 g/mol. The first-order valence-electron chi connectivity index (χ1n) is 7.77. The molecule has 1 aliphatic rings. The number of hydrogen-bond donors (Lipinski definition) is 1. The zero-order valence-electron chi connectivity index (χ0n) is 12.7. The second-order valence-corrected chi connectivity index (χ2v) is 5.83. The Kier molecular flexibility index (Phi) is 3.63. The number of nitrogens with two attached hydrogens (primary N) is 1. The summed E-state index contributed by atoms with van der Waals surface area (Å²) in [5.74, 6) is 1.09. The van der Waals surface area contributed by atoms with Crippen molar-refractivity contribution >= 4 is 17.1 Å². The SMILES string of the molecule is Nc1ccc(-c2cnc3ncn(CC4CCOCC4)c3n2)cn1. The van der Waals surface area contributed by atoms with Crippen LogP contribution in [0.5, 0.6) is 0 Å². The lowest BCUT2D eigenvalue weighted by atomic mass is 10.0. The number of nitrogens with zero attached hydrogens (tertiary/aromatic N) is 5. The number of rotatable bonds is 3. The number of hydrogen-bond acceptors (Lipinski definition) is 6. The van der Waals surface area contributed by atoms with Gasteiger partial charge in [-0.05, 0) is 30.9 Å². The smallest absolute Gasteiger partial charge is 0.197 e. The van der Waals surface area contributed by atoms with Gasteiger partial charge in [-0.2, -0.15) is 0 Å². The van der Waals surface area contributed by atoms with E-state index in [1.54, 1.807) is 18.5 Å². The third-order valence-electron chi connectivity index (χ3n) is 4.20. The molecule has 118 valence electrons. The van der Waals surface area contributed by atoms with E-state index in [1.165, 1.54) is 0 Å². The van der Waals surface area contributed by atoms with Crippen molar-refractivity contribution in [3.63, 3.8) is 0 Å². The molecule has 1 aliphatic heterocycles. The fraction of sp³-hybridized carbons (Fsp3) is 0.375. The van der Waals surface area contributed by atoms with Crippen molar-refractivity contribution in [3.8, 4) is 11.3 Å². The lowest BCUT2D eigenvalue weighted by molar-refractivity contribution is 0.0615. The predicted molar refractivity (Wildman–Crippen MR) is 86.5 cm³/mol. The van der Waals surface area contributed by atoms with Crippen molar-refractivity contribution in [1.29, 1.82) is 0 Å². The van der Waals surface area contributed by atoms with Crippen LogP contribution in [0, 0.1) is 5.92 Å². The molecule has 0 aromatic carbocycles. The number of pyridine rings is 1. The van der Waals surface area contributed by atoms with Gasteiger partial charge in [0.05, 0.1) is 18.2 Å². The molecule has 0 spiro atoms. The van der Waals surface area contributed by atoms with Crippen LogP contribution in [-0.4, -0.2) is 37.7 Å². The summed E-state index contributed by atoms with van der Waals surface area (Å²) >= 11 is 0. The molecule has 7 nitrogen and oxygen atoms in total.